The second-order valence-corrected chi connectivity index (χ2v) is 6.31. The number of nitrogens with two attached hydrogens (primary N) is 1. The number of rotatable bonds is 7. The van der Waals surface area contributed by atoms with E-state index in [1.807, 2.05) is 42.5 Å². The van der Waals surface area contributed by atoms with Crippen LogP contribution in [-0.4, -0.2) is 36.7 Å². The van der Waals surface area contributed by atoms with E-state index in [9.17, 15) is 10.4 Å². The van der Waals surface area contributed by atoms with Crippen molar-refractivity contribution in [3.63, 3.8) is 0 Å². The molecule has 0 aliphatic heterocycles. The van der Waals surface area contributed by atoms with Gasteiger partial charge < -0.3 is 25.3 Å². The van der Waals surface area contributed by atoms with E-state index in [1.165, 1.54) is 6.08 Å². The Balaban J connectivity index is 1.76. The molecular formula is C22H22N4O3. The van der Waals surface area contributed by atoms with Crippen LogP contribution in [0.1, 0.15) is 11.3 Å². The number of nitrogens with zero attached hydrogens (tertiary/aromatic N) is 2. The average molecular weight is 390 g/mol. The molecule has 1 aromatic heterocycles. The number of nitrogens with one attached hydrogen (secondary N) is 1. The molecule has 3 aromatic rings. The third-order valence-corrected chi connectivity index (χ3v) is 4.52. The Kier molecular flexibility index (Phi) is 6.05. The van der Waals surface area contributed by atoms with Crippen LogP contribution in [-0.2, 0) is 6.42 Å². The van der Waals surface area contributed by atoms with E-state index in [4.69, 9.17) is 15.2 Å². The van der Waals surface area contributed by atoms with Gasteiger partial charge in [-0.3, -0.25) is 4.99 Å². The average Bonchev–Trinajstić information content (AvgIpc) is 3.07. The van der Waals surface area contributed by atoms with Gasteiger partial charge in [0.25, 0.3) is 0 Å². The first kappa shape index (κ1) is 19.8. The first-order chi connectivity index (χ1) is 14.1. The molecule has 2 aromatic carbocycles. The number of amidine groups is 1. The van der Waals surface area contributed by atoms with Crippen LogP contribution in [0.4, 0.5) is 0 Å². The molecule has 0 atom stereocenters. The molecule has 148 valence electrons. The number of aromatic hydroxyl groups is 1. The van der Waals surface area contributed by atoms with Crippen molar-refractivity contribution in [3.8, 4) is 23.3 Å². The van der Waals surface area contributed by atoms with Gasteiger partial charge in [0.05, 0.1) is 25.5 Å². The SMILES string of the molecule is COc1ccc(CCN=C(N)/C(C#N)=C\c2[nH]c3ccccc3c2O)cc1OC. The van der Waals surface area contributed by atoms with Crippen molar-refractivity contribution in [1.29, 1.82) is 5.26 Å². The van der Waals surface area contributed by atoms with Crippen LogP contribution in [0.25, 0.3) is 17.0 Å². The molecule has 0 radical (unpaired) electrons. The summed E-state index contributed by atoms with van der Waals surface area (Å²) in [7, 11) is 3.17. The lowest BCUT2D eigenvalue weighted by molar-refractivity contribution is 0.354. The number of benzene rings is 2. The Labute approximate surface area is 168 Å². The predicted molar refractivity (Wildman–Crippen MR) is 113 cm³/mol. The maximum atomic E-state index is 10.3. The van der Waals surface area contributed by atoms with E-state index in [0.717, 1.165) is 11.1 Å². The fraction of sp³-hybridized carbons (Fsp3) is 0.182. The molecule has 0 saturated carbocycles. The zero-order valence-electron chi connectivity index (χ0n) is 16.3. The number of methoxy groups -OCH3 is 2. The van der Waals surface area contributed by atoms with E-state index in [2.05, 4.69) is 9.98 Å². The Bertz CT molecular complexity index is 1120. The first-order valence-corrected chi connectivity index (χ1v) is 9.00. The Morgan fingerprint density at radius 3 is 2.66 bits per heavy atom. The lowest BCUT2D eigenvalue weighted by atomic mass is 10.1. The van der Waals surface area contributed by atoms with Gasteiger partial charge in [-0.2, -0.15) is 5.26 Å². The summed E-state index contributed by atoms with van der Waals surface area (Å²) >= 11 is 0. The summed E-state index contributed by atoms with van der Waals surface area (Å²) in [6.45, 7) is 0.402. The molecule has 7 heteroatoms. The number of nitriles is 1. The van der Waals surface area contributed by atoms with Gasteiger partial charge in [-0.05, 0) is 42.3 Å². The van der Waals surface area contributed by atoms with E-state index in [0.29, 0.717) is 35.5 Å². The van der Waals surface area contributed by atoms with Crippen LogP contribution >= 0.6 is 0 Å². The number of H-pyrrole nitrogens is 1. The summed E-state index contributed by atoms with van der Waals surface area (Å²) in [5, 5.41) is 20.5. The highest BCUT2D eigenvalue weighted by Crippen LogP contribution is 2.30. The molecule has 0 amide bonds. The van der Waals surface area contributed by atoms with Crippen LogP contribution in [0.15, 0.2) is 53.0 Å². The molecule has 0 aliphatic carbocycles. The molecule has 0 saturated heterocycles. The lowest BCUT2D eigenvalue weighted by Gasteiger charge is -2.09. The predicted octanol–water partition coefficient (Wildman–Crippen LogP) is 3.40. The van der Waals surface area contributed by atoms with Gasteiger partial charge in [-0.15, -0.1) is 0 Å². The molecule has 0 unspecified atom stereocenters. The summed E-state index contributed by atoms with van der Waals surface area (Å²) in [5.41, 5.74) is 8.39. The highest BCUT2D eigenvalue weighted by Gasteiger charge is 2.11. The molecule has 0 fully saturated rings. The maximum absolute atomic E-state index is 10.3. The van der Waals surface area contributed by atoms with Crippen LogP contribution in [0.5, 0.6) is 17.2 Å². The number of fused-ring (bicyclic) bond motifs is 1. The van der Waals surface area contributed by atoms with Crippen LogP contribution < -0.4 is 15.2 Å². The molecule has 3 rings (SSSR count). The molecule has 4 N–H and O–H groups in total. The van der Waals surface area contributed by atoms with E-state index < -0.39 is 0 Å². The largest absolute Gasteiger partial charge is 0.505 e. The number of aromatic nitrogens is 1. The summed E-state index contributed by atoms with van der Waals surface area (Å²) < 4.78 is 10.5. The molecule has 0 spiro atoms. The van der Waals surface area contributed by atoms with Gasteiger partial charge in [0.1, 0.15) is 17.7 Å². The number of hydrogen-bond donors (Lipinski definition) is 3. The van der Waals surface area contributed by atoms with Crippen molar-refractivity contribution in [1.82, 2.24) is 4.98 Å². The van der Waals surface area contributed by atoms with Crippen molar-refractivity contribution in [2.24, 2.45) is 10.7 Å². The molecule has 0 aliphatic rings. The van der Waals surface area contributed by atoms with Gasteiger partial charge in [0.2, 0.25) is 0 Å². The van der Waals surface area contributed by atoms with Crippen molar-refractivity contribution in [3.05, 3.63) is 59.3 Å². The highest BCUT2D eigenvalue weighted by molar-refractivity contribution is 6.05. The normalized spacial score (nSPS) is 12.0. The second kappa shape index (κ2) is 8.85. The van der Waals surface area contributed by atoms with Crippen LogP contribution in [0.3, 0.4) is 0 Å². The number of aliphatic imine (C=N–C) groups is 1. The monoisotopic (exact) mass is 390 g/mol. The third-order valence-electron chi connectivity index (χ3n) is 4.52. The Hall–Kier alpha value is -3.92. The zero-order valence-corrected chi connectivity index (χ0v) is 16.3. The van der Waals surface area contributed by atoms with Gasteiger partial charge in [0, 0.05) is 17.4 Å². The second-order valence-electron chi connectivity index (χ2n) is 6.31. The van der Waals surface area contributed by atoms with Crippen molar-refractivity contribution >= 4 is 22.8 Å². The van der Waals surface area contributed by atoms with Gasteiger partial charge >= 0.3 is 0 Å². The van der Waals surface area contributed by atoms with E-state index in [-0.39, 0.29) is 17.2 Å². The quantitative estimate of drug-likeness (QED) is 0.325. The first-order valence-electron chi connectivity index (χ1n) is 9.00. The minimum absolute atomic E-state index is 0.0754. The van der Waals surface area contributed by atoms with Gasteiger partial charge in [-0.25, -0.2) is 0 Å². The summed E-state index contributed by atoms with van der Waals surface area (Å²) in [5.74, 6) is 1.50. The third kappa shape index (κ3) is 4.33. The van der Waals surface area contributed by atoms with Crippen LogP contribution in [0.2, 0.25) is 0 Å². The summed E-state index contributed by atoms with van der Waals surface area (Å²) in [6, 6.07) is 15.0. The highest BCUT2D eigenvalue weighted by atomic mass is 16.5. The molecule has 29 heavy (non-hydrogen) atoms. The lowest BCUT2D eigenvalue weighted by Crippen LogP contribution is -2.15. The number of ether oxygens (including phenoxy) is 2. The standard InChI is InChI=1S/C22H22N4O3/c1-28-19-8-7-14(11-20(19)29-2)9-10-25-22(24)15(13-23)12-18-21(27)16-5-3-4-6-17(16)26-18/h3-8,11-12,26-27H,9-10H2,1-2H3,(H2,24,25)/b15-12-. The van der Waals surface area contributed by atoms with E-state index >= 15 is 0 Å². The van der Waals surface area contributed by atoms with E-state index in [1.54, 1.807) is 20.3 Å². The summed E-state index contributed by atoms with van der Waals surface area (Å²) in [4.78, 5) is 7.38. The van der Waals surface area contributed by atoms with Crippen molar-refractivity contribution in [2.45, 2.75) is 6.42 Å². The Morgan fingerprint density at radius 2 is 1.97 bits per heavy atom. The summed E-state index contributed by atoms with van der Waals surface area (Å²) in [6.07, 6.45) is 2.13. The van der Waals surface area contributed by atoms with Gasteiger partial charge in [-0.1, -0.05) is 18.2 Å². The fourth-order valence-electron chi connectivity index (χ4n) is 2.99. The van der Waals surface area contributed by atoms with Crippen molar-refractivity contribution in [2.75, 3.05) is 20.8 Å². The topological polar surface area (TPSA) is 117 Å². The fourth-order valence-corrected chi connectivity index (χ4v) is 2.99. The smallest absolute Gasteiger partial charge is 0.160 e. The maximum Gasteiger partial charge on any atom is 0.160 e. The number of aromatic amines is 1. The zero-order chi connectivity index (χ0) is 20.8. The Morgan fingerprint density at radius 1 is 1.21 bits per heavy atom. The minimum atomic E-state index is 0.0754. The number of hydrogen-bond acceptors (Lipinski definition) is 5. The van der Waals surface area contributed by atoms with Gasteiger partial charge in [0.15, 0.2) is 11.5 Å². The molecule has 0 bridgehead atoms. The molecular weight excluding hydrogens is 368 g/mol. The van der Waals surface area contributed by atoms with Crippen molar-refractivity contribution < 1.29 is 14.6 Å². The molecule has 7 nitrogen and oxygen atoms in total. The minimum Gasteiger partial charge on any atom is -0.505 e. The van der Waals surface area contributed by atoms with Crippen LogP contribution in [0, 0.1) is 11.3 Å². The molecule has 1 heterocycles. The number of para-hydroxylation sites is 1.